The van der Waals surface area contributed by atoms with Gasteiger partial charge in [0, 0.05) is 24.7 Å². The molecule has 1 unspecified atom stereocenters. The van der Waals surface area contributed by atoms with Gasteiger partial charge in [-0.3, -0.25) is 4.79 Å². The van der Waals surface area contributed by atoms with Gasteiger partial charge in [0.25, 0.3) is 5.91 Å². The lowest BCUT2D eigenvalue weighted by Crippen LogP contribution is -2.42. The fourth-order valence-electron chi connectivity index (χ4n) is 2.22. The SMILES string of the molecule is CCCN(C(=O)c1oncc1C)C1CCNC1. The Kier molecular flexibility index (Phi) is 3.78. The normalized spacial score (nSPS) is 19.5. The highest BCUT2D eigenvalue weighted by Crippen LogP contribution is 2.16. The smallest absolute Gasteiger partial charge is 0.293 e. The van der Waals surface area contributed by atoms with Gasteiger partial charge in [0.1, 0.15) is 0 Å². The van der Waals surface area contributed by atoms with Crippen molar-refractivity contribution in [1.29, 1.82) is 0 Å². The van der Waals surface area contributed by atoms with Gasteiger partial charge in [0.05, 0.1) is 6.20 Å². The zero-order valence-electron chi connectivity index (χ0n) is 10.4. The van der Waals surface area contributed by atoms with E-state index in [4.69, 9.17) is 4.52 Å². The summed E-state index contributed by atoms with van der Waals surface area (Å²) in [4.78, 5) is 14.3. The highest BCUT2D eigenvalue weighted by Gasteiger charge is 2.29. The number of hydrogen-bond acceptors (Lipinski definition) is 4. The van der Waals surface area contributed by atoms with Crippen LogP contribution in [0.1, 0.15) is 35.9 Å². The van der Waals surface area contributed by atoms with Gasteiger partial charge in [-0.15, -0.1) is 0 Å². The van der Waals surface area contributed by atoms with Crippen molar-refractivity contribution in [1.82, 2.24) is 15.4 Å². The molecule has 1 atom stereocenters. The highest BCUT2D eigenvalue weighted by molar-refractivity contribution is 5.92. The van der Waals surface area contributed by atoms with E-state index in [1.165, 1.54) is 0 Å². The summed E-state index contributed by atoms with van der Waals surface area (Å²) >= 11 is 0. The van der Waals surface area contributed by atoms with E-state index in [9.17, 15) is 4.79 Å². The molecule has 0 aromatic carbocycles. The molecular formula is C12H19N3O2. The zero-order valence-corrected chi connectivity index (χ0v) is 10.4. The fraction of sp³-hybridized carbons (Fsp3) is 0.667. The van der Waals surface area contributed by atoms with E-state index < -0.39 is 0 Å². The molecule has 1 aromatic heterocycles. The topological polar surface area (TPSA) is 58.4 Å². The first-order chi connectivity index (χ1) is 8.24. The average Bonchev–Trinajstić information content (AvgIpc) is 2.95. The molecule has 0 aliphatic carbocycles. The number of aromatic nitrogens is 1. The molecule has 1 amide bonds. The molecule has 1 fully saturated rings. The van der Waals surface area contributed by atoms with Crippen LogP contribution in [-0.4, -0.2) is 41.6 Å². The molecule has 1 aromatic rings. The van der Waals surface area contributed by atoms with E-state index in [2.05, 4.69) is 17.4 Å². The zero-order chi connectivity index (χ0) is 12.3. The monoisotopic (exact) mass is 237 g/mol. The minimum Gasteiger partial charge on any atom is -0.351 e. The average molecular weight is 237 g/mol. The Morgan fingerprint density at radius 1 is 1.71 bits per heavy atom. The molecule has 2 rings (SSSR count). The maximum atomic E-state index is 12.4. The molecular weight excluding hydrogens is 218 g/mol. The molecule has 0 spiro atoms. The molecule has 1 aliphatic rings. The van der Waals surface area contributed by atoms with Crippen molar-refractivity contribution >= 4 is 5.91 Å². The second kappa shape index (κ2) is 5.31. The largest absolute Gasteiger partial charge is 0.351 e. The molecule has 94 valence electrons. The third-order valence-corrected chi connectivity index (χ3v) is 3.14. The second-order valence-corrected chi connectivity index (χ2v) is 4.48. The minimum absolute atomic E-state index is 0.0319. The Labute approximate surface area is 101 Å². The van der Waals surface area contributed by atoms with Crippen LogP contribution in [0.4, 0.5) is 0 Å². The lowest BCUT2D eigenvalue weighted by molar-refractivity contribution is 0.0648. The molecule has 5 heteroatoms. The van der Waals surface area contributed by atoms with Crippen LogP contribution in [0.5, 0.6) is 0 Å². The lowest BCUT2D eigenvalue weighted by atomic mass is 10.1. The number of carbonyl (C=O) groups is 1. The van der Waals surface area contributed by atoms with E-state index >= 15 is 0 Å². The lowest BCUT2D eigenvalue weighted by Gasteiger charge is -2.27. The first-order valence-electron chi connectivity index (χ1n) is 6.17. The van der Waals surface area contributed by atoms with E-state index in [1.807, 2.05) is 11.8 Å². The van der Waals surface area contributed by atoms with Crippen LogP contribution in [-0.2, 0) is 0 Å². The van der Waals surface area contributed by atoms with Gasteiger partial charge < -0.3 is 14.7 Å². The predicted octanol–water partition coefficient (Wildman–Crippen LogP) is 1.20. The number of hydrogen-bond donors (Lipinski definition) is 1. The van der Waals surface area contributed by atoms with Crippen molar-refractivity contribution in [3.63, 3.8) is 0 Å². The Hall–Kier alpha value is -1.36. The predicted molar refractivity (Wildman–Crippen MR) is 63.8 cm³/mol. The van der Waals surface area contributed by atoms with Crippen molar-refractivity contribution in [3.05, 3.63) is 17.5 Å². The molecule has 1 saturated heterocycles. The van der Waals surface area contributed by atoms with E-state index in [0.29, 0.717) is 5.76 Å². The van der Waals surface area contributed by atoms with Gasteiger partial charge in [-0.05, 0) is 26.3 Å². The maximum Gasteiger partial charge on any atom is 0.293 e. The summed E-state index contributed by atoms with van der Waals surface area (Å²) in [7, 11) is 0. The molecule has 2 heterocycles. The molecule has 5 nitrogen and oxygen atoms in total. The van der Waals surface area contributed by atoms with Gasteiger partial charge in [0.15, 0.2) is 0 Å². The molecule has 17 heavy (non-hydrogen) atoms. The highest BCUT2D eigenvalue weighted by atomic mass is 16.5. The Morgan fingerprint density at radius 3 is 3.06 bits per heavy atom. The standard InChI is InChI=1S/C12H19N3O2/c1-3-6-15(10-4-5-13-8-10)12(16)11-9(2)7-14-17-11/h7,10,13H,3-6,8H2,1-2H3. The molecule has 0 saturated carbocycles. The van der Waals surface area contributed by atoms with Gasteiger partial charge >= 0.3 is 0 Å². The summed E-state index contributed by atoms with van der Waals surface area (Å²) in [5, 5.41) is 6.96. The summed E-state index contributed by atoms with van der Waals surface area (Å²) < 4.78 is 5.05. The molecule has 0 radical (unpaired) electrons. The second-order valence-electron chi connectivity index (χ2n) is 4.48. The van der Waals surface area contributed by atoms with Crippen molar-refractivity contribution in [3.8, 4) is 0 Å². The fourth-order valence-corrected chi connectivity index (χ4v) is 2.22. The number of nitrogens with one attached hydrogen (secondary N) is 1. The van der Waals surface area contributed by atoms with Crippen molar-refractivity contribution in [2.45, 2.75) is 32.7 Å². The summed E-state index contributed by atoms with van der Waals surface area (Å²) in [5.41, 5.74) is 0.807. The third kappa shape index (κ3) is 2.49. The van der Waals surface area contributed by atoms with E-state index in [1.54, 1.807) is 6.20 Å². The summed E-state index contributed by atoms with van der Waals surface area (Å²) in [6.07, 6.45) is 3.55. The van der Waals surface area contributed by atoms with Crippen LogP contribution in [0.25, 0.3) is 0 Å². The number of nitrogens with zero attached hydrogens (tertiary/aromatic N) is 2. The van der Waals surface area contributed by atoms with Crippen LogP contribution < -0.4 is 5.32 Å². The van der Waals surface area contributed by atoms with E-state index in [-0.39, 0.29) is 11.9 Å². The van der Waals surface area contributed by atoms with Crippen LogP contribution in [0.2, 0.25) is 0 Å². The Morgan fingerprint density at radius 2 is 2.53 bits per heavy atom. The maximum absolute atomic E-state index is 12.4. The summed E-state index contributed by atoms with van der Waals surface area (Å²) in [6, 6.07) is 0.284. The Balaban J connectivity index is 2.15. The first kappa shape index (κ1) is 12.1. The quantitative estimate of drug-likeness (QED) is 0.854. The number of rotatable bonds is 4. The van der Waals surface area contributed by atoms with Crippen molar-refractivity contribution in [2.75, 3.05) is 19.6 Å². The van der Waals surface area contributed by atoms with Crippen molar-refractivity contribution in [2.24, 2.45) is 0 Å². The van der Waals surface area contributed by atoms with Crippen LogP contribution in [0.15, 0.2) is 10.7 Å². The van der Waals surface area contributed by atoms with Crippen LogP contribution >= 0.6 is 0 Å². The van der Waals surface area contributed by atoms with Crippen LogP contribution in [0, 0.1) is 6.92 Å². The van der Waals surface area contributed by atoms with Gasteiger partial charge in [-0.1, -0.05) is 12.1 Å². The van der Waals surface area contributed by atoms with Gasteiger partial charge in [0.2, 0.25) is 5.76 Å². The van der Waals surface area contributed by atoms with Gasteiger partial charge in [-0.25, -0.2) is 0 Å². The molecule has 1 N–H and O–H groups in total. The molecule has 0 bridgehead atoms. The summed E-state index contributed by atoms with van der Waals surface area (Å²) in [6.45, 7) is 6.55. The van der Waals surface area contributed by atoms with Crippen molar-refractivity contribution < 1.29 is 9.32 Å². The molecule has 1 aliphatic heterocycles. The van der Waals surface area contributed by atoms with Crippen LogP contribution in [0.3, 0.4) is 0 Å². The Bertz CT molecular complexity index is 383. The van der Waals surface area contributed by atoms with Gasteiger partial charge in [-0.2, -0.15) is 0 Å². The van der Waals surface area contributed by atoms with E-state index in [0.717, 1.165) is 38.0 Å². The number of carbonyl (C=O) groups excluding carboxylic acids is 1. The number of aryl methyl sites for hydroxylation is 1. The third-order valence-electron chi connectivity index (χ3n) is 3.14. The minimum atomic E-state index is -0.0319. The summed E-state index contributed by atoms with van der Waals surface area (Å²) in [5.74, 6) is 0.348. The number of amides is 1. The first-order valence-corrected chi connectivity index (χ1v) is 6.17.